The summed E-state index contributed by atoms with van der Waals surface area (Å²) in [6, 6.07) is 11.5. The van der Waals surface area contributed by atoms with Crippen molar-refractivity contribution in [1.29, 1.82) is 0 Å². The molecule has 0 radical (unpaired) electrons. The van der Waals surface area contributed by atoms with Crippen LogP contribution in [0.3, 0.4) is 0 Å². The zero-order valence-electron chi connectivity index (χ0n) is 12.8. The van der Waals surface area contributed by atoms with E-state index < -0.39 is 18.5 Å². The molecule has 1 aromatic carbocycles. The third-order valence-electron chi connectivity index (χ3n) is 3.47. The number of hydrogen-bond donors (Lipinski definition) is 0. The van der Waals surface area contributed by atoms with Crippen LogP contribution in [-0.2, 0) is 19.0 Å². The van der Waals surface area contributed by atoms with Crippen LogP contribution >= 0.6 is 0 Å². The SMILES string of the molecule is CC(=O)O[C@@H]1CO[C@@H](c2ccccc2)O[C@H]1/C=C\c1ccoc1. The van der Waals surface area contributed by atoms with Gasteiger partial charge in [-0.05, 0) is 6.07 Å². The van der Waals surface area contributed by atoms with Gasteiger partial charge >= 0.3 is 5.97 Å². The second-order valence-electron chi connectivity index (χ2n) is 5.24. The molecular weight excluding hydrogens is 296 g/mol. The highest BCUT2D eigenvalue weighted by atomic mass is 16.7. The van der Waals surface area contributed by atoms with Gasteiger partial charge in [-0.15, -0.1) is 0 Å². The molecule has 1 aromatic heterocycles. The van der Waals surface area contributed by atoms with E-state index in [9.17, 15) is 4.79 Å². The number of benzene rings is 1. The van der Waals surface area contributed by atoms with Crippen LogP contribution in [-0.4, -0.2) is 24.8 Å². The standard InChI is InChI=1S/C18H18O5/c1-13(19)22-17-12-21-18(15-5-3-2-4-6-15)23-16(17)8-7-14-9-10-20-11-14/h2-11,16-18H,12H2,1H3/b8-7-/t16-,17+,18+/m0/s1. The number of ether oxygens (including phenoxy) is 3. The lowest BCUT2D eigenvalue weighted by atomic mass is 10.1. The molecule has 1 aliphatic heterocycles. The minimum Gasteiger partial charge on any atom is -0.472 e. The van der Waals surface area contributed by atoms with Gasteiger partial charge in [0.15, 0.2) is 12.4 Å². The lowest BCUT2D eigenvalue weighted by Gasteiger charge is -2.34. The molecule has 1 fully saturated rings. The highest BCUT2D eigenvalue weighted by molar-refractivity contribution is 5.66. The number of furan rings is 1. The summed E-state index contributed by atoms with van der Waals surface area (Å²) in [5.74, 6) is -0.359. The van der Waals surface area contributed by atoms with Gasteiger partial charge in [0.25, 0.3) is 0 Å². The van der Waals surface area contributed by atoms with Crippen molar-refractivity contribution in [3.05, 3.63) is 66.1 Å². The fraction of sp³-hybridized carbons (Fsp3) is 0.278. The number of carbonyl (C=O) groups excluding carboxylic acids is 1. The fourth-order valence-electron chi connectivity index (χ4n) is 2.39. The molecule has 5 nitrogen and oxygen atoms in total. The zero-order chi connectivity index (χ0) is 16.1. The molecule has 1 saturated heterocycles. The minimum atomic E-state index is -0.484. The Morgan fingerprint density at radius 1 is 1.26 bits per heavy atom. The summed E-state index contributed by atoms with van der Waals surface area (Å²) in [7, 11) is 0. The lowest BCUT2D eigenvalue weighted by molar-refractivity contribution is -0.249. The maximum atomic E-state index is 11.3. The molecule has 0 unspecified atom stereocenters. The van der Waals surface area contributed by atoms with E-state index in [4.69, 9.17) is 18.6 Å². The topological polar surface area (TPSA) is 57.9 Å². The molecule has 0 spiro atoms. The van der Waals surface area contributed by atoms with E-state index in [2.05, 4.69) is 0 Å². The van der Waals surface area contributed by atoms with Crippen LogP contribution in [0.25, 0.3) is 6.08 Å². The molecule has 23 heavy (non-hydrogen) atoms. The number of rotatable bonds is 4. The normalized spacial score (nSPS) is 24.7. The van der Waals surface area contributed by atoms with Crippen LogP contribution < -0.4 is 0 Å². The van der Waals surface area contributed by atoms with E-state index >= 15 is 0 Å². The van der Waals surface area contributed by atoms with E-state index in [0.29, 0.717) is 0 Å². The Bertz CT molecular complexity index is 647. The molecule has 2 aromatic rings. The van der Waals surface area contributed by atoms with E-state index in [1.807, 2.05) is 48.6 Å². The Morgan fingerprint density at radius 2 is 2.09 bits per heavy atom. The first kappa shape index (κ1) is 15.5. The van der Waals surface area contributed by atoms with E-state index in [1.54, 1.807) is 12.5 Å². The number of hydrogen-bond acceptors (Lipinski definition) is 5. The quantitative estimate of drug-likeness (QED) is 0.810. The van der Waals surface area contributed by atoms with Crippen molar-refractivity contribution >= 4 is 12.0 Å². The van der Waals surface area contributed by atoms with E-state index in [0.717, 1.165) is 11.1 Å². The van der Waals surface area contributed by atoms with Crippen molar-refractivity contribution in [2.75, 3.05) is 6.61 Å². The molecule has 0 bridgehead atoms. The van der Waals surface area contributed by atoms with Crippen LogP contribution in [0.5, 0.6) is 0 Å². The second kappa shape index (κ2) is 7.26. The molecule has 0 saturated carbocycles. The van der Waals surface area contributed by atoms with Crippen LogP contribution in [0.4, 0.5) is 0 Å². The molecular formula is C18H18O5. The molecule has 120 valence electrons. The van der Waals surface area contributed by atoms with Crippen molar-refractivity contribution in [2.45, 2.75) is 25.4 Å². The molecule has 0 N–H and O–H groups in total. The maximum absolute atomic E-state index is 11.3. The summed E-state index contributed by atoms with van der Waals surface area (Å²) in [5.41, 5.74) is 1.84. The van der Waals surface area contributed by atoms with Crippen molar-refractivity contribution in [3.63, 3.8) is 0 Å². The van der Waals surface area contributed by atoms with Gasteiger partial charge in [0.05, 0.1) is 19.1 Å². The molecule has 1 aliphatic rings. The summed E-state index contributed by atoms with van der Waals surface area (Å²) in [5, 5.41) is 0. The van der Waals surface area contributed by atoms with Crippen molar-refractivity contribution in [2.24, 2.45) is 0 Å². The van der Waals surface area contributed by atoms with Gasteiger partial charge in [-0.1, -0.05) is 42.5 Å². The van der Waals surface area contributed by atoms with Crippen LogP contribution in [0.1, 0.15) is 24.3 Å². The van der Waals surface area contributed by atoms with Gasteiger partial charge in [-0.2, -0.15) is 0 Å². The van der Waals surface area contributed by atoms with E-state index in [-0.39, 0.29) is 12.6 Å². The Kier molecular flexibility index (Phi) is 4.90. The fourth-order valence-corrected chi connectivity index (χ4v) is 2.39. The van der Waals surface area contributed by atoms with Crippen LogP contribution in [0.2, 0.25) is 0 Å². The zero-order valence-corrected chi connectivity index (χ0v) is 12.8. The van der Waals surface area contributed by atoms with Crippen molar-refractivity contribution in [1.82, 2.24) is 0 Å². The van der Waals surface area contributed by atoms with Gasteiger partial charge in [0.1, 0.15) is 6.10 Å². The highest BCUT2D eigenvalue weighted by Crippen LogP contribution is 2.28. The van der Waals surface area contributed by atoms with Gasteiger partial charge in [-0.3, -0.25) is 4.79 Å². The van der Waals surface area contributed by atoms with Gasteiger partial charge in [-0.25, -0.2) is 0 Å². The molecule has 5 heteroatoms. The van der Waals surface area contributed by atoms with Crippen LogP contribution in [0, 0.1) is 0 Å². The highest BCUT2D eigenvalue weighted by Gasteiger charge is 2.33. The smallest absolute Gasteiger partial charge is 0.303 e. The van der Waals surface area contributed by atoms with E-state index in [1.165, 1.54) is 6.92 Å². The molecule has 0 aliphatic carbocycles. The first-order valence-electron chi connectivity index (χ1n) is 7.42. The summed E-state index contributed by atoms with van der Waals surface area (Å²) in [6.07, 6.45) is 5.60. The molecule has 3 atom stereocenters. The molecule has 0 amide bonds. The Balaban J connectivity index is 1.75. The summed E-state index contributed by atoms with van der Waals surface area (Å²) < 4.78 is 22.0. The lowest BCUT2D eigenvalue weighted by Crippen LogP contribution is -2.41. The largest absolute Gasteiger partial charge is 0.472 e. The summed E-state index contributed by atoms with van der Waals surface area (Å²) in [6.45, 7) is 1.65. The second-order valence-corrected chi connectivity index (χ2v) is 5.24. The van der Waals surface area contributed by atoms with Crippen molar-refractivity contribution in [3.8, 4) is 0 Å². The Morgan fingerprint density at radius 3 is 2.78 bits per heavy atom. The third-order valence-corrected chi connectivity index (χ3v) is 3.47. The number of esters is 1. The average Bonchev–Trinajstić information content (AvgIpc) is 3.08. The molecule has 3 rings (SSSR count). The predicted molar refractivity (Wildman–Crippen MR) is 83.3 cm³/mol. The average molecular weight is 314 g/mol. The van der Waals surface area contributed by atoms with Gasteiger partial charge in [0.2, 0.25) is 0 Å². The monoisotopic (exact) mass is 314 g/mol. The maximum Gasteiger partial charge on any atom is 0.303 e. The third kappa shape index (κ3) is 4.09. The van der Waals surface area contributed by atoms with Gasteiger partial charge < -0.3 is 18.6 Å². The molecule has 2 heterocycles. The first-order valence-corrected chi connectivity index (χ1v) is 7.42. The number of carbonyl (C=O) groups is 1. The Hall–Kier alpha value is -2.37. The summed E-state index contributed by atoms with van der Waals surface area (Å²) in [4.78, 5) is 11.3. The van der Waals surface area contributed by atoms with Crippen LogP contribution in [0.15, 0.2) is 59.4 Å². The first-order chi connectivity index (χ1) is 11.2. The summed E-state index contributed by atoms with van der Waals surface area (Å²) >= 11 is 0. The van der Waals surface area contributed by atoms with Crippen molar-refractivity contribution < 1.29 is 23.4 Å². The predicted octanol–water partition coefficient (Wildman–Crippen LogP) is 3.34. The minimum absolute atomic E-state index is 0.277. The Labute approximate surface area is 134 Å². The van der Waals surface area contributed by atoms with Gasteiger partial charge in [0, 0.05) is 18.1 Å².